The first kappa shape index (κ1) is 14.6. The fraction of sp³-hybridized carbons (Fsp3) is 0.267. The Morgan fingerprint density at radius 3 is 2.64 bits per heavy atom. The Morgan fingerprint density at radius 1 is 1.23 bits per heavy atom. The fourth-order valence-electron chi connectivity index (χ4n) is 2.78. The Balaban J connectivity index is 0.00000144. The van der Waals surface area contributed by atoms with Crippen LogP contribution in [0, 0.1) is 11.3 Å². The van der Waals surface area contributed by atoms with Crippen molar-refractivity contribution in [3.05, 3.63) is 42.0 Å². The number of hydrogen-bond donors (Lipinski definition) is 1. The summed E-state index contributed by atoms with van der Waals surface area (Å²) in [7, 11) is 1.90. The van der Waals surface area contributed by atoms with Gasteiger partial charge in [-0.3, -0.25) is 4.68 Å². The lowest BCUT2D eigenvalue weighted by molar-refractivity contribution is 0.450. The van der Waals surface area contributed by atoms with Gasteiger partial charge in [-0.05, 0) is 11.6 Å². The van der Waals surface area contributed by atoms with Crippen LogP contribution in [0.3, 0.4) is 0 Å². The van der Waals surface area contributed by atoms with E-state index in [9.17, 15) is 5.26 Å². The lowest BCUT2D eigenvalue weighted by Gasteiger charge is -2.28. The number of halogens is 1. The number of nitriles is 1. The molecule has 0 aromatic carbocycles. The van der Waals surface area contributed by atoms with E-state index in [-0.39, 0.29) is 12.4 Å². The lowest BCUT2D eigenvalue weighted by Crippen LogP contribution is -2.40. The monoisotopic (exact) mass is 314 g/mol. The molecule has 0 spiro atoms. The van der Waals surface area contributed by atoms with Gasteiger partial charge in [0.25, 0.3) is 0 Å². The number of aryl methyl sites for hydroxylation is 1. The van der Waals surface area contributed by atoms with Crippen molar-refractivity contribution < 1.29 is 0 Å². The minimum Gasteiger partial charge on any atom is -0.315 e. The summed E-state index contributed by atoms with van der Waals surface area (Å²) in [5, 5.41) is 21.1. The number of hydrogen-bond acceptors (Lipinski definition) is 4. The minimum absolute atomic E-state index is 0. The molecule has 0 amide bonds. The van der Waals surface area contributed by atoms with Gasteiger partial charge in [0.1, 0.15) is 6.07 Å². The molecule has 0 unspecified atom stereocenters. The summed E-state index contributed by atoms with van der Waals surface area (Å²) in [6, 6.07) is 4.40. The van der Waals surface area contributed by atoms with Crippen molar-refractivity contribution in [3.8, 4) is 17.2 Å². The van der Waals surface area contributed by atoms with E-state index in [1.165, 1.54) is 5.56 Å². The molecule has 6 nitrogen and oxygen atoms in total. The van der Waals surface area contributed by atoms with Crippen LogP contribution in [-0.4, -0.2) is 32.5 Å². The topological polar surface area (TPSA) is 70.9 Å². The molecule has 1 saturated heterocycles. The SMILES string of the molecule is Cl.Cn1cc(-c2cc(C3CNC3)c3c(C#N)cnn3c2)cn1. The van der Waals surface area contributed by atoms with E-state index in [4.69, 9.17) is 0 Å². The van der Waals surface area contributed by atoms with Crippen molar-refractivity contribution in [2.75, 3.05) is 13.1 Å². The van der Waals surface area contributed by atoms with Crippen LogP contribution in [-0.2, 0) is 7.05 Å². The van der Waals surface area contributed by atoms with Crippen LogP contribution in [0.25, 0.3) is 16.6 Å². The van der Waals surface area contributed by atoms with Gasteiger partial charge >= 0.3 is 0 Å². The van der Waals surface area contributed by atoms with E-state index in [1.807, 2.05) is 30.2 Å². The Hall–Kier alpha value is -2.36. The normalized spacial score (nSPS) is 14.4. The maximum Gasteiger partial charge on any atom is 0.103 e. The van der Waals surface area contributed by atoms with E-state index in [2.05, 4.69) is 27.6 Å². The summed E-state index contributed by atoms with van der Waals surface area (Å²) in [6.07, 6.45) is 7.43. The molecule has 0 aliphatic carbocycles. The zero-order chi connectivity index (χ0) is 14.4. The first-order valence-corrected chi connectivity index (χ1v) is 6.87. The largest absolute Gasteiger partial charge is 0.315 e. The van der Waals surface area contributed by atoms with Crippen molar-refractivity contribution in [2.24, 2.45) is 7.05 Å². The predicted molar refractivity (Wildman–Crippen MR) is 85.0 cm³/mol. The quantitative estimate of drug-likeness (QED) is 0.782. The molecular formula is C15H15ClN6. The number of rotatable bonds is 2. The molecule has 1 aliphatic rings. The van der Waals surface area contributed by atoms with Crippen molar-refractivity contribution in [3.63, 3.8) is 0 Å². The van der Waals surface area contributed by atoms with Gasteiger partial charge in [-0.15, -0.1) is 12.4 Å². The van der Waals surface area contributed by atoms with Crippen molar-refractivity contribution in [1.82, 2.24) is 24.7 Å². The third-order valence-electron chi connectivity index (χ3n) is 4.02. The molecule has 22 heavy (non-hydrogen) atoms. The molecule has 4 heterocycles. The smallest absolute Gasteiger partial charge is 0.103 e. The van der Waals surface area contributed by atoms with E-state index in [1.54, 1.807) is 10.9 Å². The molecule has 0 atom stereocenters. The summed E-state index contributed by atoms with van der Waals surface area (Å²) in [4.78, 5) is 0. The third-order valence-corrected chi connectivity index (χ3v) is 4.02. The van der Waals surface area contributed by atoms with E-state index in [0.29, 0.717) is 11.5 Å². The van der Waals surface area contributed by atoms with Gasteiger partial charge in [-0.1, -0.05) is 0 Å². The number of nitrogens with zero attached hydrogens (tertiary/aromatic N) is 5. The van der Waals surface area contributed by atoms with Gasteiger partial charge < -0.3 is 5.32 Å². The zero-order valence-corrected chi connectivity index (χ0v) is 12.8. The van der Waals surface area contributed by atoms with Crippen LogP contribution >= 0.6 is 12.4 Å². The van der Waals surface area contributed by atoms with Gasteiger partial charge in [-0.25, -0.2) is 4.52 Å². The summed E-state index contributed by atoms with van der Waals surface area (Å²) in [5.74, 6) is 0.438. The summed E-state index contributed by atoms with van der Waals surface area (Å²) >= 11 is 0. The van der Waals surface area contributed by atoms with Crippen LogP contribution in [0.15, 0.2) is 30.9 Å². The molecule has 3 aromatic heterocycles. The zero-order valence-electron chi connectivity index (χ0n) is 12.0. The van der Waals surface area contributed by atoms with E-state index >= 15 is 0 Å². The maximum atomic E-state index is 9.28. The molecule has 0 radical (unpaired) electrons. The maximum absolute atomic E-state index is 9.28. The number of fused-ring (bicyclic) bond motifs is 1. The molecule has 1 fully saturated rings. The first-order chi connectivity index (χ1) is 10.3. The fourth-order valence-corrected chi connectivity index (χ4v) is 2.78. The highest BCUT2D eigenvalue weighted by Gasteiger charge is 2.24. The van der Waals surface area contributed by atoms with Gasteiger partial charge in [0.2, 0.25) is 0 Å². The van der Waals surface area contributed by atoms with Crippen LogP contribution in [0.1, 0.15) is 17.0 Å². The average molecular weight is 315 g/mol. The standard InChI is InChI=1S/C15H14N6.ClH/c1-20-8-13(7-18-20)10-2-14(12-4-17-5-12)15-11(3-16)6-19-21(15)9-10;/h2,6-9,12,17H,4-5H2,1H3;1H. The molecule has 0 saturated carbocycles. The van der Waals surface area contributed by atoms with Crippen LogP contribution in [0.5, 0.6) is 0 Å². The van der Waals surface area contributed by atoms with Crippen LogP contribution in [0.4, 0.5) is 0 Å². The molecule has 4 rings (SSSR count). The van der Waals surface area contributed by atoms with E-state index < -0.39 is 0 Å². The van der Waals surface area contributed by atoms with Gasteiger partial charge in [0.15, 0.2) is 0 Å². The lowest BCUT2D eigenvalue weighted by atomic mass is 9.91. The third kappa shape index (κ3) is 2.15. The minimum atomic E-state index is 0. The average Bonchev–Trinajstić information content (AvgIpc) is 3.02. The summed E-state index contributed by atoms with van der Waals surface area (Å²) < 4.78 is 3.60. The van der Waals surface area contributed by atoms with Crippen molar-refractivity contribution >= 4 is 17.9 Å². The molecule has 1 N–H and O–H groups in total. The van der Waals surface area contributed by atoms with Crippen LogP contribution in [0.2, 0.25) is 0 Å². The van der Waals surface area contributed by atoms with Gasteiger partial charge in [0.05, 0.1) is 23.5 Å². The summed E-state index contributed by atoms with van der Waals surface area (Å²) in [5.41, 5.74) is 4.88. The molecule has 112 valence electrons. The Bertz CT molecular complexity index is 868. The number of pyridine rings is 1. The van der Waals surface area contributed by atoms with Crippen molar-refractivity contribution in [1.29, 1.82) is 5.26 Å². The summed E-state index contributed by atoms with van der Waals surface area (Å²) in [6.45, 7) is 1.89. The highest BCUT2D eigenvalue weighted by Crippen LogP contribution is 2.31. The van der Waals surface area contributed by atoms with Crippen LogP contribution < -0.4 is 5.32 Å². The highest BCUT2D eigenvalue weighted by molar-refractivity contribution is 5.85. The van der Waals surface area contributed by atoms with Gasteiger partial charge in [-0.2, -0.15) is 15.5 Å². The number of aromatic nitrogens is 4. The second-order valence-electron chi connectivity index (χ2n) is 5.41. The van der Waals surface area contributed by atoms with Gasteiger partial charge in [0, 0.05) is 49.6 Å². The second-order valence-corrected chi connectivity index (χ2v) is 5.41. The Morgan fingerprint density at radius 2 is 2.05 bits per heavy atom. The Kier molecular flexibility index (Phi) is 3.61. The first-order valence-electron chi connectivity index (χ1n) is 6.87. The Labute approximate surface area is 133 Å². The predicted octanol–water partition coefficient (Wildman–Crippen LogP) is 1.72. The molecule has 1 aliphatic heterocycles. The molecule has 3 aromatic rings. The van der Waals surface area contributed by atoms with E-state index in [0.717, 1.165) is 29.7 Å². The molecule has 7 heteroatoms. The number of nitrogens with one attached hydrogen (secondary N) is 1. The second kappa shape index (κ2) is 5.44. The highest BCUT2D eigenvalue weighted by atomic mass is 35.5. The van der Waals surface area contributed by atoms with Crippen molar-refractivity contribution in [2.45, 2.75) is 5.92 Å². The molecule has 0 bridgehead atoms. The molecular weight excluding hydrogens is 300 g/mol.